The zero-order valence-corrected chi connectivity index (χ0v) is 78.8. The number of piperidine rings is 1. The fourth-order valence-electron chi connectivity index (χ4n) is 17.2. The number of hydrogen-bond donors (Lipinski definition) is 9. The van der Waals surface area contributed by atoms with E-state index in [2.05, 4.69) is 46.4 Å². The number of aromatic nitrogens is 8. The van der Waals surface area contributed by atoms with E-state index in [0.717, 1.165) is 23.1 Å². The standard InChI is InChI=1S/C96H140N16O22/c1-62-20-11-9-12-21-63(2)79(123-7)57-72-30-27-67(6)96(122,134-72)90(119)93(120)110-38-17-15-25-77(110)94(121)132-80(58-74(108-131-60-68-22-13-10-14-23-68)64(3)53-66(5)88(117)89(118)87(116)65(4)52-62)73(97)54-69-28-31-76(81(55-69)124-8)112-59-71(106-109-112)24-19-26-82(113)101-36-42-127-46-50-130-49-45-126-41-34-84(115)102-37-43-128-47-51-129-48-44-125-40-33-83(114)100-35-16-18-39-111-92-85(91(98)103-61-104-92)86(107-111)70-29-32-78-75(56-70)105-95(99)133-78/h9-14,20-23,29,32,53,56,59,61-62,64-65,67,69,72-73,76-77,79-81,88-89,117-118,122H,15-19,24-28,30-31,33-52,54-55,57-58,60,97H2,1-8H3,(H2,99,105)(H,100,114)(H,101,113)(H,102,115)(H2,98,103,104)/b12-9+,20-11+,63-21+,66-53+,108-74-/t62-,64-,65-,67-,69+,72+,73-,76+,77+,79+,80+,81-,88-,89+,96-/m1/s1. The summed E-state index contributed by atoms with van der Waals surface area (Å²) in [6.07, 6.45) is 16.3. The number of carbonyl (C=O) groups excluding carboxylic acids is 7. The summed E-state index contributed by atoms with van der Waals surface area (Å²) in [6.45, 7) is 16.1. The van der Waals surface area contributed by atoms with Crippen LogP contribution in [0, 0.1) is 29.6 Å². The number of aryl methyl sites for hydroxylation is 2. The lowest BCUT2D eigenvalue weighted by Gasteiger charge is -2.42. The maximum atomic E-state index is 15.2. The van der Waals surface area contributed by atoms with E-state index >= 15 is 4.79 Å². The number of amides is 4. The van der Waals surface area contributed by atoms with Crippen molar-refractivity contribution in [3.8, 4) is 11.3 Å². The normalized spacial score (nSPS) is 25.9. The van der Waals surface area contributed by atoms with Crippen molar-refractivity contribution >= 4 is 80.8 Å². The number of nitrogens with two attached hydrogens (primary N) is 3. The lowest BCUT2D eigenvalue weighted by Crippen LogP contribution is -2.61. The Kier molecular flexibility index (Phi) is 43.5. The largest absolute Gasteiger partial charge is 0.459 e. The monoisotopic (exact) mass is 1870 g/mol. The number of carbonyl (C=O) groups is 7. The molecule has 10 rings (SSSR count). The van der Waals surface area contributed by atoms with Crippen LogP contribution in [0.5, 0.6) is 0 Å². The highest BCUT2D eigenvalue weighted by Crippen LogP contribution is 2.40. The molecule has 1 aliphatic carbocycles. The molecular weight excluding hydrogens is 1730 g/mol. The smallest absolute Gasteiger partial charge is 0.329 e. The number of esters is 1. The van der Waals surface area contributed by atoms with E-state index in [1.807, 2.05) is 97.6 Å². The van der Waals surface area contributed by atoms with Crippen LogP contribution in [-0.2, 0) is 105 Å². The number of anilines is 2. The molecule has 0 spiro atoms. The van der Waals surface area contributed by atoms with Gasteiger partial charge in [0.15, 0.2) is 17.0 Å². The minimum absolute atomic E-state index is 0.0227. The molecular formula is C96H140N16O22. The summed E-state index contributed by atoms with van der Waals surface area (Å²) < 4.78 is 67.5. The zero-order valence-electron chi connectivity index (χ0n) is 78.8. The molecule has 4 aromatic heterocycles. The topological polar surface area (TPSA) is 512 Å². The minimum atomic E-state index is -2.51. The van der Waals surface area contributed by atoms with Crippen LogP contribution >= 0.6 is 0 Å². The van der Waals surface area contributed by atoms with Gasteiger partial charge in [-0.25, -0.2) is 24.1 Å². The van der Waals surface area contributed by atoms with E-state index in [1.165, 1.54) is 11.2 Å². The summed E-state index contributed by atoms with van der Waals surface area (Å²) in [4.78, 5) is 116. The van der Waals surface area contributed by atoms with Crippen LogP contribution in [0.4, 0.5) is 11.8 Å². The Morgan fingerprint density at radius 1 is 0.716 bits per heavy atom. The number of benzene rings is 2. The molecule has 38 heteroatoms. The van der Waals surface area contributed by atoms with Crippen LogP contribution < -0.4 is 33.2 Å². The van der Waals surface area contributed by atoms with Gasteiger partial charge in [0.2, 0.25) is 23.5 Å². The first-order valence-electron chi connectivity index (χ1n) is 47.1. The summed E-state index contributed by atoms with van der Waals surface area (Å²) in [6, 6.07) is 12.6. The first-order valence-corrected chi connectivity index (χ1v) is 47.1. The van der Waals surface area contributed by atoms with Crippen molar-refractivity contribution in [1.29, 1.82) is 0 Å². The molecule has 12 N–H and O–H groups in total. The van der Waals surface area contributed by atoms with Crippen LogP contribution in [0.25, 0.3) is 33.4 Å². The number of fused-ring (bicyclic) bond motifs is 5. The van der Waals surface area contributed by atoms with Gasteiger partial charge >= 0.3 is 5.97 Å². The molecule has 38 nitrogen and oxygen atoms in total. The number of rotatable bonds is 43. The molecule has 0 radical (unpaired) electrons. The fourth-order valence-corrected chi connectivity index (χ4v) is 17.2. The van der Waals surface area contributed by atoms with Crippen LogP contribution in [0.3, 0.4) is 0 Å². The Morgan fingerprint density at radius 2 is 1.40 bits per heavy atom. The Bertz CT molecular complexity index is 4870. The molecule has 134 heavy (non-hydrogen) atoms. The molecule has 2 bridgehead atoms. The Morgan fingerprint density at radius 3 is 2.09 bits per heavy atom. The van der Waals surface area contributed by atoms with Gasteiger partial charge in [0.1, 0.15) is 54.3 Å². The number of hydrogen-bond acceptors (Lipinski definition) is 32. The third kappa shape index (κ3) is 32.5. The van der Waals surface area contributed by atoms with Gasteiger partial charge in [-0.3, -0.25) is 28.8 Å². The van der Waals surface area contributed by atoms with Gasteiger partial charge in [-0.05, 0) is 150 Å². The van der Waals surface area contributed by atoms with E-state index in [9.17, 15) is 44.1 Å². The number of nitrogen functional groups attached to an aromatic ring is 2. The maximum absolute atomic E-state index is 15.2. The quantitative estimate of drug-likeness (QED) is 0.00578. The number of cyclic esters (lactones) is 1. The molecule has 3 aliphatic heterocycles. The highest BCUT2D eigenvalue weighted by Gasteiger charge is 2.53. The number of ether oxygens (including phenoxy) is 10. The Balaban J connectivity index is 0.595. The van der Waals surface area contributed by atoms with E-state index in [1.54, 1.807) is 58.7 Å². The first-order chi connectivity index (χ1) is 64.7. The zero-order chi connectivity index (χ0) is 95.9. The highest BCUT2D eigenvalue weighted by atomic mass is 16.6. The fraction of sp³-hybridized carbons (Fsp3) is 0.625. The molecule has 15 atom stereocenters. The number of allylic oxidation sites excluding steroid dienone is 6. The SMILES string of the molecule is CO[C@H]1C[C@@H]2CC[C@@H](C)[C@@](O)(O2)C(=O)C(=O)N2CCCC[C@H]2C(=O)O[C@H]([C@H](N)C[C@@H]2CC[C@H](n3cc(CCCC(=O)NCCOCCOCCOCCC(=O)NCCOCCOCCOCCC(=O)NCCCCn4nc(-c5ccc6oc(N)nc6c5)c5c(N)ncnc54)nn3)[C@H](OC)C2)C/C(=N/OCc2ccccc2)[C@H](C)/C=C(\C)[C@@H](O)[C@@H](O)C(=O)[C@H](C)C[C@H](C)/C=C/C=C/C=C/1C. The highest BCUT2D eigenvalue weighted by molar-refractivity contribution is 6.39. The van der Waals surface area contributed by atoms with E-state index in [-0.39, 0.29) is 118 Å². The Hall–Kier alpha value is -10.2. The molecule has 2 saturated heterocycles. The summed E-state index contributed by atoms with van der Waals surface area (Å²) >= 11 is 0. The van der Waals surface area contributed by atoms with Crippen LogP contribution in [0.2, 0.25) is 0 Å². The van der Waals surface area contributed by atoms with Crippen LogP contribution in [0.15, 0.2) is 118 Å². The molecule has 4 aliphatic rings. The van der Waals surface area contributed by atoms with Gasteiger partial charge in [0.25, 0.3) is 17.7 Å². The van der Waals surface area contributed by atoms with Crippen molar-refractivity contribution in [2.45, 2.75) is 237 Å². The number of ketones is 2. The van der Waals surface area contributed by atoms with E-state index in [4.69, 9.17) is 78.9 Å². The lowest BCUT2D eigenvalue weighted by molar-refractivity contribution is -0.265. The molecule has 7 heterocycles. The average Bonchev–Trinajstić information content (AvgIpc) is 1.38. The van der Waals surface area contributed by atoms with Crippen molar-refractivity contribution in [2.75, 3.05) is 131 Å². The van der Waals surface area contributed by atoms with Crippen molar-refractivity contribution in [3.63, 3.8) is 0 Å². The third-order valence-corrected chi connectivity index (χ3v) is 24.9. The van der Waals surface area contributed by atoms with Crippen molar-refractivity contribution in [1.82, 2.24) is 60.6 Å². The van der Waals surface area contributed by atoms with Gasteiger partial charge in [-0.15, -0.1) is 5.10 Å². The van der Waals surface area contributed by atoms with Gasteiger partial charge in [-0.2, -0.15) is 10.1 Å². The molecule has 4 amide bonds. The van der Waals surface area contributed by atoms with Crippen LogP contribution in [0.1, 0.15) is 174 Å². The summed E-state index contributed by atoms with van der Waals surface area (Å²) in [7, 11) is 3.20. The predicted octanol–water partition coefficient (Wildman–Crippen LogP) is 7.84. The number of methoxy groups -OCH3 is 2. The minimum Gasteiger partial charge on any atom is -0.459 e. The van der Waals surface area contributed by atoms with Crippen molar-refractivity contribution in [2.24, 2.45) is 40.5 Å². The van der Waals surface area contributed by atoms with Gasteiger partial charge in [0.05, 0.1) is 120 Å². The second-order valence-electron chi connectivity index (χ2n) is 35.2. The summed E-state index contributed by atoms with van der Waals surface area (Å²) in [5.74, 6) is -8.40. The molecule has 1 saturated carbocycles. The molecule has 6 aromatic rings. The number of unbranched alkanes of at least 4 members (excludes halogenated alkanes) is 1. The van der Waals surface area contributed by atoms with E-state index < -0.39 is 89.6 Å². The number of aliphatic hydroxyl groups excluding tert-OH is 2. The number of aliphatic hydroxyl groups is 3. The molecule has 0 unspecified atom stereocenters. The molecule has 736 valence electrons. The lowest BCUT2D eigenvalue weighted by atomic mass is 9.79. The van der Waals surface area contributed by atoms with E-state index in [0.29, 0.717) is 214 Å². The third-order valence-electron chi connectivity index (χ3n) is 24.9. The van der Waals surface area contributed by atoms with Gasteiger partial charge in [0, 0.05) is 115 Å². The summed E-state index contributed by atoms with van der Waals surface area (Å²) in [5, 5.41) is 63.2. The van der Waals surface area contributed by atoms with Crippen LogP contribution in [-0.4, -0.2) is 281 Å². The number of nitrogens with one attached hydrogen (secondary N) is 3. The van der Waals surface area contributed by atoms with Crippen molar-refractivity contribution < 1.29 is 106 Å². The molecule has 3 fully saturated rings. The maximum Gasteiger partial charge on any atom is 0.329 e. The number of nitrogens with zero attached hydrogens (tertiary/aromatic N) is 10. The Labute approximate surface area is 783 Å². The van der Waals surface area contributed by atoms with Gasteiger partial charge in [-0.1, -0.05) is 105 Å². The average molecular weight is 1870 g/mol. The summed E-state index contributed by atoms with van der Waals surface area (Å²) in [5.41, 5.74) is 25.5. The van der Waals surface area contributed by atoms with Gasteiger partial charge < -0.3 is 110 Å². The first kappa shape index (κ1) is 106. The second-order valence-corrected chi connectivity index (χ2v) is 35.2. The number of oxazole rings is 1. The molecule has 2 aromatic carbocycles. The predicted molar refractivity (Wildman–Crippen MR) is 498 cm³/mol. The number of oxime groups is 1. The van der Waals surface area contributed by atoms with Crippen molar-refractivity contribution in [3.05, 3.63) is 120 Å². The second kappa shape index (κ2) is 55.1. The number of Topliss-reactive ketones (excluding diaryl/α,β-unsaturated/α-hetero) is 2.